The van der Waals surface area contributed by atoms with E-state index in [2.05, 4.69) is 20.3 Å². The fourth-order valence-corrected chi connectivity index (χ4v) is 4.44. The number of hydrogen-bond acceptors (Lipinski definition) is 5. The van der Waals surface area contributed by atoms with E-state index in [1.807, 2.05) is 23.8 Å². The first-order chi connectivity index (χ1) is 13.2. The van der Waals surface area contributed by atoms with Crippen LogP contribution in [0.2, 0.25) is 5.02 Å². The molecule has 0 fully saturated rings. The maximum atomic E-state index is 12.3. The fourth-order valence-electron chi connectivity index (χ4n) is 2.32. The molecule has 0 spiro atoms. The quantitative estimate of drug-likeness (QED) is 0.160. The predicted molar refractivity (Wildman–Crippen MR) is 130 cm³/mol. The van der Waals surface area contributed by atoms with Crippen molar-refractivity contribution in [3.8, 4) is 0 Å². The molecule has 1 heterocycles. The van der Waals surface area contributed by atoms with Gasteiger partial charge in [0.2, 0.25) is 10.0 Å². The van der Waals surface area contributed by atoms with Crippen molar-refractivity contribution in [2.75, 3.05) is 26.2 Å². The van der Waals surface area contributed by atoms with Crippen LogP contribution in [0.15, 0.2) is 51.0 Å². The molecule has 0 saturated carbocycles. The average Bonchev–Trinajstić information content (AvgIpc) is 3.19. The van der Waals surface area contributed by atoms with Gasteiger partial charge in [0.25, 0.3) is 0 Å². The van der Waals surface area contributed by atoms with Crippen LogP contribution in [0.4, 0.5) is 0 Å². The van der Waals surface area contributed by atoms with Crippen molar-refractivity contribution in [1.82, 2.24) is 15.4 Å². The molecule has 0 aliphatic carbocycles. The first-order valence-corrected chi connectivity index (χ1v) is 11.6. The molecule has 2 aromatic rings. The summed E-state index contributed by atoms with van der Waals surface area (Å²) in [7, 11) is -3.63. The third-order valence-electron chi connectivity index (χ3n) is 3.85. The van der Waals surface area contributed by atoms with Crippen LogP contribution in [0.3, 0.4) is 0 Å². The Morgan fingerprint density at radius 3 is 2.66 bits per heavy atom. The summed E-state index contributed by atoms with van der Waals surface area (Å²) >= 11 is 7.36. The number of hydrogen-bond donors (Lipinski definition) is 4. The van der Waals surface area contributed by atoms with E-state index in [-0.39, 0.29) is 42.0 Å². The summed E-state index contributed by atoms with van der Waals surface area (Å²) in [5, 5.41) is 20.8. The first-order valence-electron chi connectivity index (χ1n) is 8.77. The highest BCUT2D eigenvalue weighted by Crippen LogP contribution is 2.23. The van der Waals surface area contributed by atoms with Crippen LogP contribution >= 0.6 is 46.9 Å². The van der Waals surface area contributed by atoms with E-state index in [0.29, 0.717) is 24.1 Å². The zero-order valence-corrected chi connectivity index (χ0v) is 20.9. The van der Waals surface area contributed by atoms with Gasteiger partial charge >= 0.3 is 0 Å². The van der Waals surface area contributed by atoms with Crippen molar-refractivity contribution < 1.29 is 13.5 Å². The van der Waals surface area contributed by atoms with Gasteiger partial charge in [-0.15, -0.1) is 24.0 Å². The third kappa shape index (κ3) is 8.38. The Balaban J connectivity index is 0.00000420. The molecule has 1 aromatic heterocycles. The molecule has 2 rings (SSSR count). The molecule has 1 atom stereocenters. The summed E-state index contributed by atoms with van der Waals surface area (Å²) in [6.07, 6.45) is 0. The Bertz CT molecular complexity index is 890. The second kappa shape index (κ2) is 12.1. The van der Waals surface area contributed by atoms with Crippen molar-refractivity contribution in [1.29, 1.82) is 0 Å². The lowest BCUT2D eigenvalue weighted by molar-refractivity contribution is 0.0677. The van der Waals surface area contributed by atoms with Crippen LogP contribution < -0.4 is 15.4 Å². The second-order valence-electron chi connectivity index (χ2n) is 6.26. The standard InChI is InChI=1S/C18H25ClN4O3S2.HI/c1-3-20-17(22-13-18(2,24)14-7-10-27-12-14)21-8-9-23-28(25,26)16-6-4-5-15(19)11-16;/h4-7,10-12,23-24H,3,8-9,13H2,1-2H3,(H2,20,21,22);1H. The monoisotopic (exact) mass is 572 g/mol. The summed E-state index contributed by atoms with van der Waals surface area (Å²) in [4.78, 5) is 4.52. The number of sulfonamides is 1. The minimum atomic E-state index is -3.63. The second-order valence-corrected chi connectivity index (χ2v) is 9.25. The van der Waals surface area contributed by atoms with E-state index >= 15 is 0 Å². The molecule has 29 heavy (non-hydrogen) atoms. The molecule has 1 unspecified atom stereocenters. The van der Waals surface area contributed by atoms with Crippen molar-refractivity contribution in [3.63, 3.8) is 0 Å². The number of halogens is 2. The van der Waals surface area contributed by atoms with E-state index in [1.54, 1.807) is 19.1 Å². The summed E-state index contributed by atoms with van der Waals surface area (Å²) in [6.45, 7) is 4.94. The molecule has 0 bridgehead atoms. The summed E-state index contributed by atoms with van der Waals surface area (Å²) in [5.74, 6) is 0.500. The zero-order chi connectivity index (χ0) is 20.6. The highest BCUT2D eigenvalue weighted by atomic mass is 127. The number of guanidine groups is 1. The molecule has 4 N–H and O–H groups in total. The van der Waals surface area contributed by atoms with Gasteiger partial charge in [-0.2, -0.15) is 11.3 Å². The summed E-state index contributed by atoms with van der Waals surface area (Å²) < 4.78 is 27.1. The van der Waals surface area contributed by atoms with Gasteiger partial charge in [0.1, 0.15) is 5.60 Å². The molecule has 0 saturated heterocycles. The lowest BCUT2D eigenvalue weighted by atomic mass is 10.00. The summed E-state index contributed by atoms with van der Waals surface area (Å²) in [6, 6.07) is 7.96. The van der Waals surface area contributed by atoms with Crippen LogP contribution in [0.5, 0.6) is 0 Å². The van der Waals surface area contributed by atoms with Crippen molar-refractivity contribution >= 4 is 62.9 Å². The van der Waals surface area contributed by atoms with Crippen molar-refractivity contribution in [3.05, 3.63) is 51.7 Å². The Morgan fingerprint density at radius 2 is 2.03 bits per heavy atom. The Hall–Kier alpha value is -0.920. The normalized spacial score (nSPS) is 14.0. The largest absolute Gasteiger partial charge is 0.383 e. The van der Waals surface area contributed by atoms with Gasteiger partial charge in [-0.1, -0.05) is 17.7 Å². The van der Waals surface area contributed by atoms with Crippen LogP contribution in [0.1, 0.15) is 19.4 Å². The topological polar surface area (TPSA) is 103 Å². The third-order valence-corrected chi connectivity index (χ3v) is 6.23. The number of benzene rings is 1. The lowest BCUT2D eigenvalue weighted by Gasteiger charge is -2.21. The first kappa shape index (κ1) is 26.1. The number of rotatable bonds is 9. The van der Waals surface area contributed by atoms with E-state index in [0.717, 1.165) is 5.56 Å². The van der Waals surface area contributed by atoms with Gasteiger partial charge in [0.15, 0.2) is 5.96 Å². The Kier molecular flexibility index (Phi) is 10.9. The van der Waals surface area contributed by atoms with E-state index < -0.39 is 15.6 Å². The number of aliphatic imine (C=N–C) groups is 1. The smallest absolute Gasteiger partial charge is 0.240 e. The molecule has 0 aliphatic heterocycles. The van der Waals surface area contributed by atoms with Crippen LogP contribution in [-0.2, 0) is 15.6 Å². The summed E-state index contributed by atoms with van der Waals surface area (Å²) in [5.41, 5.74) is -0.261. The van der Waals surface area contributed by atoms with Crippen molar-refractivity contribution in [2.24, 2.45) is 4.99 Å². The SMILES string of the molecule is CCNC(=NCC(C)(O)c1ccsc1)NCCNS(=O)(=O)c1cccc(Cl)c1.I. The number of nitrogens with zero attached hydrogens (tertiary/aromatic N) is 1. The maximum absolute atomic E-state index is 12.3. The Labute approximate surface area is 198 Å². The molecule has 0 aliphatic rings. The van der Waals surface area contributed by atoms with E-state index in [4.69, 9.17) is 11.6 Å². The number of thiophene rings is 1. The minimum Gasteiger partial charge on any atom is -0.383 e. The highest BCUT2D eigenvalue weighted by Gasteiger charge is 2.23. The number of aliphatic hydroxyl groups is 1. The molecular formula is C18H26ClIN4O3S2. The predicted octanol–water partition coefficient (Wildman–Crippen LogP) is 2.76. The van der Waals surface area contributed by atoms with Gasteiger partial charge in [0.05, 0.1) is 11.4 Å². The maximum Gasteiger partial charge on any atom is 0.240 e. The van der Waals surface area contributed by atoms with Gasteiger partial charge in [-0.3, -0.25) is 0 Å². The van der Waals surface area contributed by atoms with E-state index in [1.165, 1.54) is 23.5 Å². The van der Waals surface area contributed by atoms with Gasteiger partial charge in [-0.05, 0) is 54.4 Å². The Morgan fingerprint density at radius 1 is 1.28 bits per heavy atom. The molecule has 162 valence electrons. The fraction of sp³-hybridized carbons (Fsp3) is 0.389. The minimum absolute atomic E-state index is 0. The van der Waals surface area contributed by atoms with Gasteiger partial charge in [0, 0.05) is 24.7 Å². The van der Waals surface area contributed by atoms with Crippen molar-refractivity contribution in [2.45, 2.75) is 24.3 Å². The highest BCUT2D eigenvalue weighted by molar-refractivity contribution is 14.0. The molecule has 0 amide bonds. The van der Waals surface area contributed by atoms with Gasteiger partial charge in [-0.25, -0.2) is 18.1 Å². The molecule has 1 aromatic carbocycles. The lowest BCUT2D eigenvalue weighted by Crippen LogP contribution is -2.42. The van der Waals surface area contributed by atoms with E-state index in [9.17, 15) is 13.5 Å². The zero-order valence-electron chi connectivity index (χ0n) is 16.2. The molecule has 0 radical (unpaired) electrons. The van der Waals surface area contributed by atoms with Crippen LogP contribution in [0, 0.1) is 0 Å². The molecule has 7 nitrogen and oxygen atoms in total. The average molecular weight is 573 g/mol. The van der Waals surface area contributed by atoms with Crippen LogP contribution in [-0.4, -0.2) is 45.7 Å². The molecule has 11 heteroatoms. The number of nitrogens with one attached hydrogen (secondary N) is 3. The van der Waals surface area contributed by atoms with Crippen LogP contribution in [0.25, 0.3) is 0 Å². The van der Waals surface area contributed by atoms with Gasteiger partial charge < -0.3 is 15.7 Å². The molecular weight excluding hydrogens is 547 g/mol.